The van der Waals surface area contributed by atoms with Gasteiger partial charge in [0.2, 0.25) is 0 Å². The lowest BCUT2D eigenvalue weighted by Gasteiger charge is -2.12. The first-order chi connectivity index (χ1) is 5.87. The van der Waals surface area contributed by atoms with Crippen LogP contribution in [-0.2, 0) is 4.74 Å². The Kier molecular flexibility index (Phi) is 9.87. The van der Waals surface area contributed by atoms with Gasteiger partial charge >= 0.3 is 0 Å². The van der Waals surface area contributed by atoms with Crippen molar-refractivity contribution < 1.29 is 14.9 Å². The number of aliphatic hydroxyl groups is 2. The molecule has 0 aromatic rings. The van der Waals surface area contributed by atoms with E-state index in [1.165, 1.54) is 0 Å². The molecule has 0 saturated heterocycles. The van der Waals surface area contributed by atoms with Crippen molar-refractivity contribution in [2.75, 3.05) is 19.8 Å². The van der Waals surface area contributed by atoms with Gasteiger partial charge in [0.1, 0.15) is 0 Å². The minimum atomic E-state index is -0.773. The van der Waals surface area contributed by atoms with E-state index in [1.807, 2.05) is 0 Å². The summed E-state index contributed by atoms with van der Waals surface area (Å²) in [5.74, 6) is 0. The Morgan fingerprint density at radius 2 is 1.85 bits per heavy atom. The topological polar surface area (TPSA) is 102 Å². The predicted molar refractivity (Wildman–Crippen MR) is 52.0 cm³/mol. The first-order valence-corrected chi connectivity index (χ1v) is 4.26. The molecule has 13 heavy (non-hydrogen) atoms. The molecule has 0 fully saturated rings. The van der Waals surface area contributed by atoms with Crippen LogP contribution in [0.1, 0.15) is 20.8 Å². The molecule has 0 spiro atoms. The van der Waals surface area contributed by atoms with Crippen LogP contribution in [0.4, 0.5) is 0 Å². The molecule has 0 rings (SSSR count). The van der Waals surface area contributed by atoms with Gasteiger partial charge in [-0.05, 0) is 20.8 Å². The first-order valence-electron chi connectivity index (χ1n) is 4.26. The predicted octanol–water partition coefficient (Wildman–Crippen LogP) is -0.984. The van der Waals surface area contributed by atoms with Gasteiger partial charge in [-0.25, -0.2) is 0 Å². The molecule has 0 radical (unpaired) electrons. The fourth-order valence-corrected chi connectivity index (χ4v) is 0.260. The van der Waals surface area contributed by atoms with Gasteiger partial charge in [0, 0.05) is 18.7 Å². The van der Waals surface area contributed by atoms with Crippen molar-refractivity contribution >= 4 is 0 Å². The van der Waals surface area contributed by atoms with E-state index in [2.05, 4.69) is 4.74 Å². The highest BCUT2D eigenvalue weighted by atomic mass is 16.6. The zero-order valence-electron chi connectivity index (χ0n) is 8.66. The molecule has 5 nitrogen and oxygen atoms in total. The summed E-state index contributed by atoms with van der Waals surface area (Å²) in [6, 6.07) is 0. The summed E-state index contributed by atoms with van der Waals surface area (Å²) < 4.78 is 4.62. The van der Waals surface area contributed by atoms with Crippen LogP contribution in [0, 0.1) is 0 Å². The Bertz CT molecular complexity index is 104. The monoisotopic (exact) mass is 194 g/mol. The van der Waals surface area contributed by atoms with Crippen LogP contribution in [0.25, 0.3) is 0 Å². The summed E-state index contributed by atoms with van der Waals surface area (Å²) in [5, 5.41) is 16.8. The van der Waals surface area contributed by atoms with Gasteiger partial charge in [-0.1, -0.05) is 0 Å². The zero-order chi connectivity index (χ0) is 10.9. The second-order valence-electron chi connectivity index (χ2n) is 3.29. The molecule has 0 bridgehead atoms. The van der Waals surface area contributed by atoms with E-state index < -0.39 is 11.8 Å². The minimum absolute atomic E-state index is 0.0486. The van der Waals surface area contributed by atoms with E-state index >= 15 is 0 Å². The lowest BCUT2D eigenvalue weighted by atomic mass is 10.1. The third-order valence-electron chi connectivity index (χ3n) is 0.968. The highest BCUT2D eigenvalue weighted by molar-refractivity contribution is 4.67. The van der Waals surface area contributed by atoms with Gasteiger partial charge in [0.15, 0.2) is 6.29 Å². The Morgan fingerprint density at radius 3 is 1.92 bits per heavy atom. The molecule has 0 aliphatic heterocycles. The van der Waals surface area contributed by atoms with E-state index in [0.717, 1.165) is 0 Å². The molecule has 1 atom stereocenters. The fraction of sp³-hybridized carbons (Fsp3) is 1.00. The number of ether oxygens (including phenoxy) is 1. The van der Waals surface area contributed by atoms with Crippen molar-refractivity contribution in [2.24, 2.45) is 11.5 Å². The molecule has 0 aromatic carbocycles. The van der Waals surface area contributed by atoms with Crippen molar-refractivity contribution in [3.63, 3.8) is 0 Å². The highest BCUT2D eigenvalue weighted by Crippen LogP contribution is 1.90. The van der Waals surface area contributed by atoms with E-state index in [4.69, 9.17) is 21.7 Å². The molecule has 0 heterocycles. The molecule has 0 aliphatic rings. The SMILES string of the molecule is CC(C)(N)CO.CCOC(O)CN. The Balaban J connectivity index is 0. The van der Waals surface area contributed by atoms with Crippen LogP contribution in [0.2, 0.25) is 0 Å². The van der Waals surface area contributed by atoms with Crippen LogP contribution in [-0.4, -0.2) is 41.8 Å². The van der Waals surface area contributed by atoms with Crippen LogP contribution in [0.3, 0.4) is 0 Å². The number of hydrogen-bond donors (Lipinski definition) is 4. The number of rotatable bonds is 4. The van der Waals surface area contributed by atoms with Gasteiger partial charge in [-0.3, -0.25) is 0 Å². The number of aliphatic hydroxyl groups excluding tert-OH is 2. The maximum atomic E-state index is 8.51. The summed E-state index contributed by atoms with van der Waals surface area (Å²) in [6.45, 7) is 6.08. The highest BCUT2D eigenvalue weighted by Gasteiger charge is 2.05. The average molecular weight is 194 g/mol. The molecule has 0 aromatic heterocycles. The van der Waals surface area contributed by atoms with Gasteiger partial charge in [0.25, 0.3) is 0 Å². The van der Waals surface area contributed by atoms with Crippen molar-refractivity contribution in [3.8, 4) is 0 Å². The normalized spacial score (nSPS) is 13.2. The van der Waals surface area contributed by atoms with Gasteiger partial charge in [0.05, 0.1) is 6.61 Å². The molecule has 82 valence electrons. The Morgan fingerprint density at radius 1 is 1.46 bits per heavy atom. The summed E-state index contributed by atoms with van der Waals surface area (Å²) >= 11 is 0. The zero-order valence-corrected chi connectivity index (χ0v) is 8.66. The van der Waals surface area contributed by atoms with Crippen molar-refractivity contribution in [1.29, 1.82) is 0 Å². The summed E-state index contributed by atoms with van der Waals surface area (Å²) in [6.07, 6.45) is -0.773. The Hall–Kier alpha value is -0.200. The molecule has 0 saturated carbocycles. The third kappa shape index (κ3) is 18.6. The standard InChI is InChI=1S/C4H11NO2.C4H11NO/c1-2-7-4(6)3-5;1-4(2,5)3-6/h4,6H,2-3,5H2,1H3;6H,3,5H2,1-2H3. The summed E-state index contributed by atoms with van der Waals surface area (Å²) in [5.41, 5.74) is 9.87. The van der Waals surface area contributed by atoms with Crippen LogP contribution >= 0.6 is 0 Å². The molecular weight excluding hydrogens is 172 g/mol. The van der Waals surface area contributed by atoms with Gasteiger partial charge in [-0.2, -0.15) is 0 Å². The van der Waals surface area contributed by atoms with E-state index in [9.17, 15) is 0 Å². The van der Waals surface area contributed by atoms with E-state index in [0.29, 0.717) is 6.61 Å². The third-order valence-corrected chi connectivity index (χ3v) is 0.968. The fourth-order valence-electron chi connectivity index (χ4n) is 0.260. The summed E-state index contributed by atoms with van der Waals surface area (Å²) in [7, 11) is 0. The van der Waals surface area contributed by atoms with Crippen LogP contribution < -0.4 is 11.5 Å². The molecular formula is C8H22N2O3. The minimum Gasteiger partial charge on any atom is -0.394 e. The van der Waals surface area contributed by atoms with Crippen molar-refractivity contribution in [2.45, 2.75) is 32.6 Å². The average Bonchev–Trinajstić information content (AvgIpc) is 2.05. The second-order valence-corrected chi connectivity index (χ2v) is 3.29. The van der Waals surface area contributed by atoms with Gasteiger partial charge < -0.3 is 26.4 Å². The maximum Gasteiger partial charge on any atom is 0.166 e. The van der Waals surface area contributed by atoms with E-state index in [1.54, 1.807) is 20.8 Å². The molecule has 0 aliphatic carbocycles. The smallest absolute Gasteiger partial charge is 0.166 e. The van der Waals surface area contributed by atoms with Crippen molar-refractivity contribution in [3.05, 3.63) is 0 Å². The summed E-state index contributed by atoms with van der Waals surface area (Å²) in [4.78, 5) is 0. The second kappa shape index (κ2) is 8.40. The lowest BCUT2D eigenvalue weighted by molar-refractivity contribution is -0.0864. The molecule has 0 amide bonds. The number of nitrogens with two attached hydrogens (primary N) is 2. The van der Waals surface area contributed by atoms with Crippen LogP contribution in [0.5, 0.6) is 0 Å². The van der Waals surface area contributed by atoms with Gasteiger partial charge in [-0.15, -0.1) is 0 Å². The quantitative estimate of drug-likeness (QED) is 0.431. The largest absolute Gasteiger partial charge is 0.394 e. The van der Waals surface area contributed by atoms with E-state index in [-0.39, 0.29) is 13.2 Å². The van der Waals surface area contributed by atoms with Crippen LogP contribution in [0.15, 0.2) is 0 Å². The lowest BCUT2D eigenvalue weighted by Crippen LogP contribution is -2.35. The Labute approximate surface area is 79.7 Å². The molecule has 6 N–H and O–H groups in total. The molecule has 5 heteroatoms. The molecule has 1 unspecified atom stereocenters. The maximum absolute atomic E-state index is 8.51. The number of hydrogen-bond acceptors (Lipinski definition) is 5. The first kappa shape index (κ1) is 15.3. The van der Waals surface area contributed by atoms with Crippen molar-refractivity contribution in [1.82, 2.24) is 0 Å².